The third-order valence-electron chi connectivity index (χ3n) is 3.28. The quantitative estimate of drug-likeness (QED) is 0.773. The summed E-state index contributed by atoms with van der Waals surface area (Å²) < 4.78 is 5.73. The van der Waals surface area contributed by atoms with Crippen molar-refractivity contribution in [2.75, 3.05) is 0 Å². The molecule has 2 heteroatoms. The van der Waals surface area contributed by atoms with Gasteiger partial charge in [-0.2, -0.15) is 0 Å². The van der Waals surface area contributed by atoms with E-state index in [2.05, 4.69) is 0 Å². The van der Waals surface area contributed by atoms with Crippen molar-refractivity contribution in [1.29, 1.82) is 0 Å². The predicted molar refractivity (Wildman–Crippen MR) is 80.4 cm³/mol. The number of hydrogen-bond acceptors (Lipinski definition) is 2. The van der Waals surface area contributed by atoms with Crippen LogP contribution in [0.1, 0.15) is 36.6 Å². The zero-order valence-corrected chi connectivity index (χ0v) is 12.2. The van der Waals surface area contributed by atoms with Crippen LogP contribution in [-0.4, -0.2) is 5.97 Å². The lowest BCUT2D eigenvalue weighted by atomic mass is 9.97. The molecule has 0 fully saturated rings. The van der Waals surface area contributed by atoms with Crippen molar-refractivity contribution in [1.82, 2.24) is 0 Å². The molecule has 1 unspecified atom stereocenters. The summed E-state index contributed by atoms with van der Waals surface area (Å²) >= 11 is 0. The highest BCUT2D eigenvalue weighted by Crippen LogP contribution is 2.29. The Kier molecular flexibility index (Phi) is 4.57. The molecule has 0 bridgehead atoms. The van der Waals surface area contributed by atoms with Crippen molar-refractivity contribution in [3.63, 3.8) is 0 Å². The summed E-state index contributed by atoms with van der Waals surface area (Å²) in [4.78, 5) is 12.0. The van der Waals surface area contributed by atoms with E-state index in [4.69, 9.17) is 4.74 Å². The molecule has 2 aromatic rings. The first-order valence-corrected chi connectivity index (χ1v) is 6.90. The average molecular weight is 268 g/mol. The highest BCUT2D eigenvalue weighted by Gasteiger charge is 2.21. The van der Waals surface area contributed by atoms with Crippen LogP contribution in [0, 0.1) is 12.8 Å². The Morgan fingerprint density at radius 1 is 0.950 bits per heavy atom. The first-order chi connectivity index (χ1) is 9.59. The molecule has 0 radical (unpaired) electrons. The topological polar surface area (TPSA) is 26.3 Å². The lowest BCUT2D eigenvalue weighted by Gasteiger charge is -2.21. The molecule has 2 rings (SSSR count). The number of benzene rings is 2. The molecule has 0 aliphatic heterocycles. The van der Waals surface area contributed by atoms with Gasteiger partial charge in [0.2, 0.25) is 0 Å². The Labute approximate surface area is 120 Å². The normalized spacial score (nSPS) is 12.2. The minimum absolute atomic E-state index is 0.134. The lowest BCUT2D eigenvalue weighted by molar-refractivity contribution is -0.151. The van der Waals surface area contributed by atoms with Gasteiger partial charge in [-0.3, -0.25) is 4.79 Å². The zero-order valence-electron chi connectivity index (χ0n) is 12.2. The highest BCUT2D eigenvalue weighted by atomic mass is 16.5. The van der Waals surface area contributed by atoms with Crippen LogP contribution in [0.2, 0.25) is 0 Å². The van der Waals surface area contributed by atoms with Crippen molar-refractivity contribution >= 4 is 5.97 Å². The first kappa shape index (κ1) is 14.3. The van der Waals surface area contributed by atoms with Crippen LogP contribution < -0.4 is 0 Å². The van der Waals surface area contributed by atoms with E-state index in [0.717, 1.165) is 16.7 Å². The second-order valence-corrected chi connectivity index (χ2v) is 5.24. The van der Waals surface area contributed by atoms with Gasteiger partial charge in [0.05, 0.1) is 5.92 Å². The molecule has 0 heterocycles. The fourth-order valence-electron chi connectivity index (χ4n) is 2.07. The summed E-state index contributed by atoms with van der Waals surface area (Å²) in [6, 6.07) is 17.9. The monoisotopic (exact) mass is 268 g/mol. The molecule has 0 N–H and O–H groups in total. The van der Waals surface area contributed by atoms with Gasteiger partial charge < -0.3 is 4.74 Å². The third-order valence-corrected chi connectivity index (χ3v) is 3.28. The molecule has 0 aliphatic rings. The van der Waals surface area contributed by atoms with Gasteiger partial charge in [0.25, 0.3) is 0 Å². The Hall–Kier alpha value is -2.09. The molecule has 0 saturated carbocycles. The first-order valence-electron chi connectivity index (χ1n) is 6.90. The third kappa shape index (κ3) is 3.27. The molecule has 0 spiro atoms. The van der Waals surface area contributed by atoms with E-state index in [0.29, 0.717) is 0 Å². The number of aryl methyl sites for hydroxylation is 1. The molecule has 0 saturated heterocycles. The molecule has 0 aliphatic carbocycles. The van der Waals surface area contributed by atoms with Gasteiger partial charge >= 0.3 is 5.97 Å². The van der Waals surface area contributed by atoms with Crippen LogP contribution in [0.15, 0.2) is 54.6 Å². The molecular weight excluding hydrogens is 248 g/mol. The molecule has 0 aromatic heterocycles. The standard InChI is InChI=1S/C18H20O2/c1-13(2)18(19)20-17(15-10-5-4-6-11-15)16-12-8-7-9-14(16)3/h4-13,17H,1-3H3. The van der Waals surface area contributed by atoms with Crippen molar-refractivity contribution in [2.24, 2.45) is 5.92 Å². The summed E-state index contributed by atoms with van der Waals surface area (Å²) in [6.45, 7) is 5.74. The van der Waals surface area contributed by atoms with Gasteiger partial charge in [-0.15, -0.1) is 0 Å². The number of carbonyl (C=O) groups is 1. The number of rotatable bonds is 4. The minimum Gasteiger partial charge on any atom is -0.452 e. The number of ether oxygens (including phenoxy) is 1. The Bertz CT molecular complexity index is 573. The Morgan fingerprint density at radius 2 is 1.55 bits per heavy atom. The minimum atomic E-state index is -0.340. The highest BCUT2D eigenvalue weighted by molar-refractivity contribution is 5.72. The number of esters is 1. The van der Waals surface area contributed by atoms with Gasteiger partial charge in [-0.1, -0.05) is 68.4 Å². The fraction of sp³-hybridized carbons (Fsp3) is 0.278. The maximum atomic E-state index is 12.0. The molecule has 20 heavy (non-hydrogen) atoms. The van der Waals surface area contributed by atoms with Crippen molar-refractivity contribution in [3.8, 4) is 0 Å². The second-order valence-electron chi connectivity index (χ2n) is 5.24. The largest absolute Gasteiger partial charge is 0.452 e. The van der Waals surface area contributed by atoms with Crippen LogP contribution >= 0.6 is 0 Å². The SMILES string of the molecule is Cc1ccccc1C(OC(=O)C(C)C)c1ccccc1. The molecule has 2 nitrogen and oxygen atoms in total. The van der Waals surface area contributed by atoms with Gasteiger partial charge in [0, 0.05) is 0 Å². The Morgan fingerprint density at radius 3 is 2.15 bits per heavy atom. The summed E-state index contributed by atoms with van der Waals surface area (Å²) in [7, 11) is 0. The zero-order chi connectivity index (χ0) is 14.5. The van der Waals surface area contributed by atoms with Gasteiger partial charge in [0.15, 0.2) is 6.10 Å². The number of hydrogen-bond donors (Lipinski definition) is 0. The van der Waals surface area contributed by atoms with Crippen LogP contribution in [0.25, 0.3) is 0 Å². The van der Waals surface area contributed by atoms with Crippen LogP contribution in [-0.2, 0) is 9.53 Å². The predicted octanol–water partition coefficient (Wildman–Crippen LogP) is 4.28. The van der Waals surface area contributed by atoms with Gasteiger partial charge in [-0.25, -0.2) is 0 Å². The number of carbonyl (C=O) groups excluding carboxylic acids is 1. The van der Waals surface area contributed by atoms with Crippen molar-refractivity contribution < 1.29 is 9.53 Å². The Balaban J connectivity index is 2.40. The van der Waals surface area contributed by atoms with E-state index in [1.54, 1.807) is 0 Å². The van der Waals surface area contributed by atoms with Crippen molar-refractivity contribution in [2.45, 2.75) is 26.9 Å². The smallest absolute Gasteiger partial charge is 0.309 e. The summed E-state index contributed by atoms with van der Waals surface area (Å²) in [5.41, 5.74) is 3.15. The van der Waals surface area contributed by atoms with Gasteiger partial charge in [0.1, 0.15) is 0 Å². The van der Waals surface area contributed by atoms with Crippen LogP contribution in [0.3, 0.4) is 0 Å². The van der Waals surface area contributed by atoms with E-state index in [1.165, 1.54) is 0 Å². The van der Waals surface area contributed by atoms with Crippen LogP contribution in [0.4, 0.5) is 0 Å². The maximum absolute atomic E-state index is 12.0. The van der Waals surface area contributed by atoms with E-state index >= 15 is 0 Å². The fourth-order valence-corrected chi connectivity index (χ4v) is 2.07. The average Bonchev–Trinajstić information content (AvgIpc) is 2.46. The van der Waals surface area contributed by atoms with E-state index in [-0.39, 0.29) is 18.0 Å². The molecular formula is C18H20O2. The molecule has 2 aromatic carbocycles. The lowest BCUT2D eigenvalue weighted by Crippen LogP contribution is -2.17. The van der Waals surface area contributed by atoms with E-state index < -0.39 is 0 Å². The van der Waals surface area contributed by atoms with E-state index in [1.807, 2.05) is 75.4 Å². The molecule has 104 valence electrons. The maximum Gasteiger partial charge on any atom is 0.309 e. The summed E-state index contributed by atoms with van der Waals surface area (Å²) in [6.07, 6.45) is -0.340. The van der Waals surface area contributed by atoms with E-state index in [9.17, 15) is 4.79 Å². The summed E-state index contributed by atoms with van der Waals surface area (Å²) in [5, 5.41) is 0. The van der Waals surface area contributed by atoms with Crippen molar-refractivity contribution in [3.05, 3.63) is 71.3 Å². The summed E-state index contributed by atoms with van der Waals surface area (Å²) in [5.74, 6) is -0.313. The molecule has 0 amide bonds. The second kappa shape index (κ2) is 6.38. The van der Waals surface area contributed by atoms with Gasteiger partial charge in [-0.05, 0) is 23.6 Å². The van der Waals surface area contributed by atoms with Crippen LogP contribution in [0.5, 0.6) is 0 Å². The molecule has 1 atom stereocenters.